The van der Waals surface area contributed by atoms with Crippen LogP contribution in [0, 0.1) is 16.7 Å². The van der Waals surface area contributed by atoms with E-state index in [1.165, 1.54) is 0 Å². The summed E-state index contributed by atoms with van der Waals surface area (Å²) in [4.78, 5) is 0. The minimum Gasteiger partial charge on any atom is -0.390 e. The Kier molecular flexibility index (Phi) is 1.89. The zero-order chi connectivity index (χ0) is 10.8. The fraction of sp³-hybridized carbons (Fsp3) is 1.00. The van der Waals surface area contributed by atoms with Crippen molar-refractivity contribution in [1.29, 1.82) is 0 Å². The maximum absolute atomic E-state index is 10.5. The largest absolute Gasteiger partial charge is 0.390 e. The van der Waals surface area contributed by atoms with E-state index in [0.717, 1.165) is 19.3 Å². The molecule has 0 aromatic heterocycles. The van der Waals surface area contributed by atoms with Gasteiger partial charge in [0.2, 0.25) is 0 Å². The van der Waals surface area contributed by atoms with Gasteiger partial charge in [-0.05, 0) is 37.5 Å². The molecule has 0 aliphatic heterocycles. The van der Waals surface area contributed by atoms with E-state index in [1.807, 2.05) is 0 Å². The van der Waals surface area contributed by atoms with E-state index in [1.54, 1.807) is 6.92 Å². The molecule has 0 aromatic carbocycles. The van der Waals surface area contributed by atoms with Crippen LogP contribution < -0.4 is 0 Å². The van der Waals surface area contributed by atoms with E-state index in [0.29, 0.717) is 5.92 Å². The summed E-state index contributed by atoms with van der Waals surface area (Å²) in [5, 5.41) is 20.4. The Balaban J connectivity index is 2.49. The highest BCUT2D eigenvalue weighted by Crippen LogP contribution is 2.66. The van der Waals surface area contributed by atoms with Crippen LogP contribution >= 0.6 is 0 Å². The highest BCUT2D eigenvalue weighted by molar-refractivity contribution is 5.15. The van der Waals surface area contributed by atoms with Crippen molar-refractivity contribution in [2.24, 2.45) is 16.7 Å². The summed E-state index contributed by atoms with van der Waals surface area (Å²) < 4.78 is 0. The number of aliphatic hydroxyl groups excluding tert-OH is 1. The van der Waals surface area contributed by atoms with Gasteiger partial charge in [0.15, 0.2) is 0 Å². The molecule has 2 aliphatic carbocycles. The van der Waals surface area contributed by atoms with E-state index in [-0.39, 0.29) is 10.8 Å². The van der Waals surface area contributed by atoms with Crippen molar-refractivity contribution >= 4 is 0 Å². The maximum atomic E-state index is 10.5. The highest BCUT2D eigenvalue weighted by Gasteiger charge is 2.65. The quantitative estimate of drug-likeness (QED) is 0.624. The van der Waals surface area contributed by atoms with Crippen LogP contribution in [0.4, 0.5) is 0 Å². The molecule has 0 spiro atoms. The molecule has 2 aliphatic rings. The smallest absolute Gasteiger partial charge is 0.0935 e. The molecule has 4 atom stereocenters. The van der Waals surface area contributed by atoms with Crippen LogP contribution in [-0.4, -0.2) is 21.9 Å². The van der Waals surface area contributed by atoms with Crippen molar-refractivity contribution in [2.75, 3.05) is 0 Å². The molecule has 4 unspecified atom stereocenters. The average Bonchev–Trinajstić information content (AvgIpc) is 2.23. The van der Waals surface area contributed by atoms with Gasteiger partial charge in [-0.2, -0.15) is 0 Å². The zero-order valence-electron chi connectivity index (χ0n) is 9.67. The Hall–Kier alpha value is -0.0800. The van der Waals surface area contributed by atoms with Crippen molar-refractivity contribution in [3.63, 3.8) is 0 Å². The summed E-state index contributed by atoms with van der Waals surface area (Å²) >= 11 is 0. The second kappa shape index (κ2) is 2.53. The van der Waals surface area contributed by atoms with E-state index >= 15 is 0 Å². The predicted molar refractivity (Wildman–Crippen MR) is 55.9 cm³/mol. The van der Waals surface area contributed by atoms with Crippen LogP contribution in [0.3, 0.4) is 0 Å². The minimum absolute atomic E-state index is 0.137. The molecule has 0 aromatic rings. The third-order valence-electron chi connectivity index (χ3n) is 5.71. The van der Waals surface area contributed by atoms with Crippen LogP contribution in [0.1, 0.15) is 47.0 Å². The number of fused-ring (bicyclic) bond motifs is 2. The predicted octanol–water partition coefficient (Wildman–Crippen LogP) is 1.94. The third kappa shape index (κ3) is 0.892. The molecule has 2 heteroatoms. The molecular formula is C12H22O2. The maximum Gasteiger partial charge on any atom is 0.0935 e. The Morgan fingerprint density at radius 1 is 1.14 bits per heavy atom. The van der Waals surface area contributed by atoms with Gasteiger partial charge in [-0.15, -0.1) is 0 Å². The fourth-order valence-electron chi connectivity index (χ4n) is 3.78. The monoisotopic (exact) mass is 198 g/mol. The van der Waals surface area contributed by atoms with Gasteiger partial charge in [0.25, 0.3) is 0 Å². The molecule has 82 valence electrons. The van der Waals surface area contributed by atoms with Gasteiger partial charge in [-0.3, -0.25) is 0 Å². The number of hydrogen-bond acceptors (Lipinski definition) is 2. The Morgan fingerprint density at radius 3 is 2.29 bits per heavy atom. The molecule has 0 amide bonds. The molecule has 0 saturated heterocycles. The van der Waals surface area contributed by atoms with Gasteiger partial charge in [0, 0.05) is 5.41 Å². The lowest BCUT2D eigenvalue weighted by molar-refractivity contribution is -0.209. The van der Waals surface area contributed by atoms with E-state index < -0.39 is 11.7 Å². The first-order valence-corrected chi connectivity index (χ1v) is 5.64. The van der Waals surface area contributed by atoms with Crippen LogP contribution in [0.2, 0.25) is 0 Å². The molecule has 2 fully saturated rings. The molecule has 0 radical (unpaired) electrons. The van der Waals surface area contributed by atoms with Crippen LogP contribution in [-0.2, 0) is 0 Å². The van der Waals surface area contributed by atoms with Crippen molar-refractivity contribution in [3.8, 4) is 0 Å². The molecule has 2 nitrogen and oxygen atoms in total. The summed E-state index contributed by atoms with van der Waals surface area (Å²) in [6.45, 7) is 8.42. The lowest BCUT2D eigenvalue weighted by Gasteiger charge is -2.56. The summed E-state index contributed by atoms with van der Waals surface area (Å²) in [5.74, 6) is 0.572. The summed E-state index contributed by atoms with van der Waals surface area (Å²) in [6.07, 6.45) is 2.40. The molecule has 2 rings (SSSR count). The summed E-state index contributed by atoms with van der Waals surface area (Å²) in [6, 6.07) is 0. The third-order valence-corrected chi connectivity index (χ3v) is 5.71. The van der Waals surface area contributed by atoms with Crippen molar-refractivity contribution < 1.29 is 10.2 Å². The van der Waals surface area contributed by atoms with Crippen LogP contribution in [0.15, 0.2) is 0 Å². The number of aliphatic hydroxyl groups is 2. The number of rotatable bonds is 0. The van der Waals surface area contributed by atoms with E-state index in [9.17, 15) is 10.2 Å². The van der Waals surface area contributed by atoms with Crippen LogP contribution in [0.25, 0.3) is 0 Å². The Bertz CT molecular complexity index is 257. The first-order valence-electron chi connectivity index (χ1n) is 5.64. The van der Waals surface area contributed by atoms with Gasteiger partial charge >= 0.3 is 0 Å². The fourth-order valence-corrected chi connectivity index (χ4v) is 3.78. The molecule has 2 bridgehead atoms. The van der Waals surface area contributed by atoms with Gasteiger partial charge in [0.05, 0.1) is 11.7 Å². The van der Waals surface area contributed by atoms with E-state index in [2.05, 4.69) is 20.8 Å². The Labute approximate surface area is 86.3 Å². The molecular weight excluding hydrogens is 176 g/mol. The lowest BCUT2D eigenvalue weighted by Crippen LogP contribution is -2.61. The standard InChI is InChI=1S/C12H22O2/c1-10(2)8-5-6-11(10,3)12(4,14)9(13)7-8/h8-9,13-14H,5-7H2,1-4H3. The second-order valence-corrected chi connectivity index (χ2v) is 6.19. The second-order valence-electron chi connectivity index (χ2n) is 6.19. The normalized spacial score (nSPS) is 56.1. The van der Waals surface area contributed by atoms with Gasteiger partial charge in [-0.25, -0.2) is 0 Å². The van der Waals surface area contributed by atoms with Crippen LogP contribution in [0.5, 0.6) is 0 Å². The summed E-state index contributed by atoms with van der Waals surface area (Å²) in [5.41, 5.74) is -0.915. The number of hydrogen-bond donors (Lipinski definition) is 2. The lowest BCUT2D eigenvalue weighted by atomic mass is 9.52. The first kappa shape index (κ1) is 10.4. The van der Waals surface area contributed by atoms with Crippen molar-refractivity contribution in [1.82, 2.24) is 0 Å². The molecule has 2 N–H and O–H groups in total. The van der Waals surface area contributed by atoms with Crippen molar-refractivity contribution in [2.45, 2.75) is 58.7 Å². The zero-order valence-corrected chi connectivity index (χ0v) is 9.67. The molecule has 0 heterocycles. The average molecular weight is 198 g/mol. The molecule has 14 heavy (non-hydrogen) atoms. The SMILES string of the molecule is CC1(C)C2CCC1(C)C(C)(O)C(O)C2. The first-order chi connectivity index (χ1) is 6.23. The topological polar surface area (TPSA) is 40.5 Å². The summed E-state index contributed by atoms with van der Waals surface area (Å²) in [7, 11) is 0. The van der Waals surface area contributed by atoms with Gasteiger partial charge in [-0.1, -0.05) is 20.8 Å². The molecule has 2 saturated carbocycles. The Morgan fingerprint density at radius 2 is 1.71 bits per heavy atom. The minimum atomic E-state index is -0.927. The van der Waals surface area contributed by atoms with Gasteiger partial charge < -0.3 is 10.2 Å². The van der Waals surface area contributed by atoms with Gasteiger partial charge in [0.1, 0.15) is 0 Å². The highest BCUT2D eigenvalue weighted by atomic mass is 16.3. The van der Waals surface area contributed by atoms with E-state index in [4.69, 9.17) is 0 Å². The van der Waals surface area contributed by atoms with Crippen molar-refractivity contribution in [3.05, 3.63) is 0 Å².